The van der Waals surface area contributed by atoms with Crippen molar-refractivity contribution in [2.75, 3.05) is 6.54 Å². The first-order valence-corrected chi connectivity index (χ1v) is 6.94. The minimum absolute atomic E-state index is 0.00508. The Morgan fingerprint density at radius 1 is 1.20 bits per heavy atom. The van der Waals surface area contributed by atoms with Gasteiger partial charge in [-0.15, -0.1) is 0 Å². The van der Waals surface area contributed by atoms with Gasteiger partial charge in [0.15, 0.2) is 0 Å². The van der Waals surface area contributed by atoms with E-state index >= 15 is 0 Å². The van der Waals surface area contributed by atoms with E-state index in [1.807, 2.05) is 13.8 Å². The van der Waals surface area contributed by atoms with Gasteiger partial charge in [0.25, 0.3) is 0 Å². The van der Waals surface area contributed by atoms with Crippen LogP contribution in [-0.2, 0) is 9.59 Å². The number of nitrogens with one attached hydrogen (secondary N) is 2. The number of primary amides is 1. The molecule has 5 N–H and O–H groups in total. The normalized spacial score (nSPS) is 13.3. The molecule has 0 aromatic carbocycles. The molecule has 2 unspecified atom stereocenters. The molecule has 0 aromatic rings. The van der Waals surface area contributed by atoms with Crippen LogP contribution in [0.15, 0.2) is 0 Å². The van der Waals surface area contributed by atoms with Crippen LogP contribution in [0.2, 0.25) is 0 Å². The topological polar surface area (TPSA) is 122 Å². The molecule has 3 amide bonds. The van der Waals surface area contributed by atoms with Gasteiger partial charge in [0.05, 0.1) is 0 Å². The fourth-order valence-electron chi connectivity index (χ4n) is 1.75. The molecule has 0 heterocycles. The molecule has 0 fully saturated rings. The number of amides is 3. The van der Waals surface area contributed by atoms with Crippen LogP contribution in [0.25, 0.3) is 0 Å². The number of hydrogen-bond acceptors (Lipinski definition) is 3. The Kier molecular flexibility index (Phi) is 9.15. The summed E-state index contributed by atoms with van der Waals surface area (Å²) in [5.41, 5.74) is 5.06. The third-order valence-corrected chi connectivity index (χ3v) is 3.16. The third kappa shape index (κ3) is 8.34. The van der Waals surface area contributed by atoms with E-state index in [0.717, 1.165) is 12.8 Å². The summed E-state index contributed by atoms with van der Waals surface area (Å²) in [4.78, 5) is 33.2. The number of nitrogens with two attached hydrogens (primary N) is 1. The molecule has 0 spiro atoms. The number of carboxylic acids is 1. The predicted molar refractivity (Wildman–Crippen MR) is 75.1 cm³/mol. The molecule has 0 bridgehead atoms. The molecule has 0 saturated heterocycles. The molecule has 7 heteroatoms. The molecule has 0 saturated carbocycles. The zero-order valence-corrected chi connectivity index (χ0v) is 12.1. The Labute approximate surface area is 119 Å². The van der Waals surface area contributed by atoms with Gasteiger partial charge in [-0.3, -0.25) is 9.59 Å². The van der Waals surface area contributed by atoms with Gasteiger partial charge < -0.3 is 21.5 Å². The number of unbranched alkanes of at least 4 members (excludes halogenated alkanes) is 2. The van der Waals surface area contributed by atoms with E-state index in [1.165, 1.54) is 0 Å². The molecule has 116 valence electrons. The Balaban J connectivity index is 4.01. The lowest BCUT2D eigenvalue weighted by molar-refractivity contribution is -0.137. The highest BCUT2D eigenvalue weighted by atomic mass is 16.4. The lowest BCUT2D eigenvalue weighted by atomic mass is 9.98. The van der Waals surface area contributed by atoms with Crippen LogP contribution >= 0.6 is 0 Å². The highest BCUT2D eigenvalue weighted by molar-refractivity contribution is 5.86. The van der Waals surface area contributed by atoms with E-state index in [1.54, 1.807) is 0 Å². The molecule has 0 aliphatic rings. The first-order chi connectivity index (χ1) is 9.38. The second-order valence-corrected chi connectivity index (χ2v) is 4.87. The van der Waals surface area contributed by atoms with Gasteiger partial charge in [-0.05, 0) is 18.8 Å². The monoisotopic (exact) mass is 287 g/mol. The van der Waals surface area contributed by atoms with Crippen molar-refractivity contribution in [2.45, 2.75) is 52.0 Å². The Hall–Kier alpha value is -1.79. The van der Waals surface area contributed by atoms with E-state index in [0.29, 0.717) is 19.4 Å². The van der Waals surface area contributed by atoms with Crippen LogP contribution in [0.3, 0.4) is 0 Å². The minimum Gasteiger partial charge on any atom is -0.481 e. The summed E-state index contributed by atoms with van der Waals surface area (Å²) < 4.78 is 0. The molecular formula is C13H25N3O4. The summed E-state index contributed by atoms with van der Waals surface area (Å²) in [5.74, 6) is -1.07. The van der Waals surface area contributed by atoms with Crippen molar-refractivity contribution >= 4 is 17.9 Å². The Morgan fingerprint density at radius 2 is 1.85 bits per heavy atom. The van der Waals surface area contributed by atoms with Crippen LogP contribution in [0.5, 0.6) is 0 Å². The summed E-state index contributed by atoms with van der Waals surface area (Å²) >= 11 is 0. The quantitative estimate of drug-likeness (QED) is 0.444. The summed E-state index contributed by atoms with van der Waals surface area (Å²) in [7, 11) is 0. The van der Waals surface area contributed by atoms with E-state index < -0.39 is 18.0 Å². The molecule has 20 heavy (non-hydrogen) atoms. The maximum Gasteiger partial charge on any atom is 0.312 e. The second kappa shape index (κ2) is 10.1. The summed E-state index contributed by atoms with van der Waals surface area (Å²) in [5, 5.41) is 13.7. The van der Waals surface area contributed by atoms with Crippen LogP contribution < -0.4 is 16.4 Å². The zero-order chi connectivity index (χ0) is 15.5. The predicted octanol–water partition coefficient (Wildman–Crippen LogP) is 0.831. The average molecular weight is 287 g/mol. The standard InChI is InChI=1S/C13H25N3O4/c1-3-9(2)11(16-13(14)20)12(19)15-8-6-4-5-7-10(17)18/h9,11H,3-8H2,1-2H3,(H,15,19)(H,17,18)(H3,14,16,20). The van der Waals surface area contributed by atoms with Crippen LogP contribution in [0.4, 0.5) is 4.79 Å². The highest BCUT2D eigenvalue weighted by Gasteiger charge is 2.24. The van der Waals surface area contributed by atoms with Gasteiger partial charge in [-0.25, -0.2) is 4.79 Å². The lowest BCUT2D eigenvalue weighted by Gasteiger charge is -2.22. The zero-order valence-electron chi connectivity index (χ0n) is 12.1. The number of hydrogen-bond donors (Lipinski definition) is 4. The number of carbonyl (C=O) groups is 3. The molecule has 0 rings (SSSR count). The molecule has 0 aliphatic carbocycles. The Morgan fingerprint density at radius 3 is 2.35 bits per heavy atom. The number of aliphatic carboxylic acids is 1. The average Bonchev–Trinajstić information content (AvgIpc) is 2.38. The minimum atomic E-state index is -0.809. The SMILES string of the molecule is CCC(C)C(NC(N)=O)C(=O)NCCCCCC(=O)O. The van der Waals surface area contributed by atoms with Gasteiger partial charge in [0.1, 0.15) is 6.04 Å². The molecule has 0 radical (unpaired) electrons. The number of carbonyl (C=O) groups excluding carboxylic acids is 2. The van der Waals surface area contributed by atoms with Crippen molar-refractivity contribution in [1.82, 2.24) is 10.6 Å². The van der Waals surface area contributed by atoms with Gasteiger partial charge in [0.2, 0.25) is 5.91 Å². The maximum absolute atomic E-state index is 11.9. The smallest absolute Gasteiger partial charge is 0.312 e. The fraction of sp³-hybridized carbons (Fsp3) is 0.769. The largest absolute Gasteiger partial charge is 0.481 e. The number of urea groups is 1. The van der Waals surface area contributed by atoms with Crippen molar-refractivity contribution in [1.29, 1.82) is 0 Å². The van der Waals surface area contributed by atoms with Crippen LogP contribution in [0, 0.1) is 5.92 Å². The summed E-state index contributed by atoms with van der Waals surface area (Å²) in [6.45, 7) is 4.26. The second-order valence-electron chi connectivity index (χ2n) is 4.87. The lowest BCUT2D eigenvalue weighted by Crippen LogP contribution is -2.51. The summed E-state index contributed by atoms with van der Waals surface area (Å²) in [6.07, 6.45) is 2.94. The highest BCUT2D eigenvalue weighted by Crippen LogP contribution is 2.08. The van der Waals surface area contributed by atoms with E-state index in [-0.39, 0.29) is 18.2 Å². The van der Waals surface area contributed by atoms with Crippen LogP contribution in [0.1, 0.15) is 46.0 Å². The van der Waals surface area contributed by atoms with Crippen molar-refractivity contribution in [3.8, 4) is 0 Å². The van der Waals surface area contributed by atoms with E-state index in [4.69, 9.17) is 10.8 Å². The molecule has 0 aromatic heterocycles. The third-order valence-electron chi connectivity index (χ3n) is 3.16. The van der Waals surface area contributed by atoms with Gasteiger partial charge in [-0.2, -0.15) is 0 Å². The van der Waals surface area contributed by atoms with Crippen molar-refractivity contribution in [3.05, 3.63) is 0 Å². The molecule has 0 aliphatic heterocycles. The van der Waals surface area contributed by atoms with Crippen molar-refractivity contribution in [3.63, 3.8) is 0 Å². The summed E-state index contributed by atoms with van der Waals surface area (Å²) in [6, 6.07) is -1.34. The first kappa shape index (κ1) is 18.2. The number of rotatable bonds is 10. The van der Waals surface area contributed by atoms with E-state index in [9.17, 15) is 14.4 Å². The molecule has 2 atom stereocenters. The maximum atomic E-state index is 11.9. The molecule has 7 nitrogen and oxygen atoms in total. The fourth-order valence-corrected chi connectivity index (χ4v) is 1.75. The Bertz CT molecular complexity index is 334. The van der Waals surface area contributed by atoms with Gasteiger partial charge >= 0.3 is 12.0 Å². The van der Waals surface area contributed by atoms with E-state index in [2.05, 4.69) is 10.6 Å². The van der Waals surface area contributed by atoms with Gasteiger partial charge in [0, 0.05) is 13.0 Å². The van der Waals surface area contributed by atoms with Crippen molar-refractivity contribution in [2.24, 2.45) is 11.7 Å². The van der Waals surface area contributed by atoms with Crippen molar-refractivity contribution < 1.29 is 19.5 Å². The molecular weight excluding hydrogens is 262 g/mol. The van der Waals surface area contributed by atoms with Crippen LogP contribution in [-0.4, -0.2) is 35.6 Å². The van der Waals surface area contributed by atoms with Gasteiger partial charge in [-0.1, -0.05) is 26.7 Å². The number of carboxylic acid groups (broad SMARTS) is 1. The first-order valence-electron chi connectivity index (χ1n) is 6.94.